The van der Waals surface area contributed by atoms with Gasteiger partial charge in [0.1, 0.15) is 11.5 Å². The lowest BCUT2D eigenvalue weighted by atomic mass is 10.1. The zero-order valence-corrected chi connectivity index (χ0v) is 9.13. The van der Waals surface area contributed by atoms with E-state index in [1.54, 1.807) is 12.4 Å². The van der Waals surface area contributed by atoms with Crippen molar-refractivity contribution in [2.75, 3.05) is 0 Å². The second-order valence-electron chi connectivity index (χ2n) is 3.68. The summed E-state index contributed by atoms with van der Waals surface area (Å²) in [7, 11) is 0. The molecule has 3 rings (SSSR count). The summed E-state index contributed by atoms with van der Waals surface area (Å²) in [6.45, 7) is 0. The molecule has 0 saturated carbocycles. The molecular weight excluding hydrogens is 210 g/mol. The number of pyridine rings is 1. The molecule has 0 N–H and O–H groups in total. The third-order valence-corrected chi connectivity index (χ3v) is 2.54. The Kier molecular flexibility index (Phi) is 2.47. The summed E-state index contributed by atoms with van der Waals surface area (Å²) in [5.41, 5.74) is 0. The fourth-order valence-corrected chi connectivity index (χ4v) is 1.74. The van der Waals surface area contributed by atoms with Crippen molar-refractivity contribution in [2.45, 2.75) is 0 Å². The van der Waals surface area contributed by atoms with Crippen molar-refractivity contribution in [1.29, 1.82) is 0 Å². The first-order chi connectivity index (χ1) is 8.43. The maximum Gasteiger partial charge on any atom is 0.145 e. The molecule has 2 aromatic carbocycles. The molecule has 0 aliphatic heterocycles. The number of ether oxygens (including phenoxy) is 1. The molecule has 0 unspecified atom stereocenters. The summed E-state index contributed by atoms with van der Waals surface area (Å²) in [6.07, 6.45) is 3.41. The number of rotatable bonds is 2. The van der Waals surface area contributed by atoms with Crippen LogP contribution >= 0.6 is 0 Å². The van der Waals surface area contributed by atoms with Gasteiger partial charge in [-0.2, -0.15) is 0 Å². The van der Waals surface area contributed by atoms with E-state index in [9.17, 15) is 0 Å². The molecule has 0 spiro atoms. The fraction of sp³-hybridized carbons (Fsp3) is 0. The van der Waals surface area contributed by atoms with E-state index >= 15 is 0 Å². The summed E-state index contributed by atoms with van der Waals surface area (Å²) in [5.74, 6) is 1.45. The Hall–Kier alpha value is -2.35. The summed E-state index contributed by atoms with van der Waals surface area (Å²) >= 11 is 0. The van der Waals surface area contributed by atoms with Crippen LogP contribution in [0.3, 0.4) is 0 Å². The number of benzene rings is 2. The Morgan fingerprint density at radius 2 is 1.94 bits per heavy atom. The Morgan fingerprint density at radius 3 is 2.82 bits per heavy atom. The minimum Gasteiger partial charge on any atom is -0.454 e. The van der Waals surface area contributed by atoms with Crippen molar-refractivity contribution in [3.8, 4) is 11.5 Å². The fourth-order valence-electron chi connectivity index (χ4n) is 1.74. The van der Waals surface area contributed by atoms with E-state index in [0.717, 1.165) is 22.3 Å². The van der Waals surface area contributed by atoms with Crippen LogP contribution in [0.1, 0.15) is 0 Å². The molecule has 0 fully saturated rings. The molecular formula is C15H10NO. The maximum atomic E-state index is 5.77. The number of hydrogen-bond acceptors (Lipinski definition) is 2. The molecule has 1 heterocycles. The average Bonchev–Trinajstić information content (AvgIpc) is 2.40. The van der Waals surface area contributed by atoms with Gasteiger partial charge in [0.2, 0.25) is 0 Å². The minimum absolute atomic E-state index is 0.722. The first kappa shape index (κ1) is 9.85. The normalized spacial score (nSPS) is 10.4. The highest BCUT2D eigenvalue weighted by Gasteiger charge is 2.02. The zero-order chi connectivity index (χ0) is 11.5. The third-order valence-electron chi connectivity index (χ3n) is 2.54. The Balaban J connectivity index is 2.06. The molecule has 0 bridgehead atoms. The highest BCUT2D eigenvalue weighted by atomic mass is 16.5. The van der Waals surface area contributed by atoms with Crippen molar-refractivity contribution in [2.24, 2.45) is 0 Å². The van der Waals surface area contributed by atoms with Gasteiger partial charge in [-0.05, 0) is 23.6 Å². The molecule has 3 aromatic rings. The van der Waals surface area contributed by atoms with E-state index < -0.39 is 0 Å². The summed E-state index contributed by atoms with van der Waals surface area (Å²) in [6, 6.07) is 18.8. The topological polar surface area (TPSA) is 22.1 Å². The predicted octanol–water partition coefficient (Wildman–Crippen LogP) is 3.83. The highest BCUT2D eigenvalue weighted by Crippen LogP contribution is 2.28. The molecule has 17 heavy (non-hydrogen) atoms. The van der Waals surface area contributed by atoms with Gasteiger partial charge in [-0.1, -0.05) is 30.3 Å². The van der Waals surface area contributed by atoms with Crippen LogP contribution in [0.2, 0.25) is 0 Å². The Morgan fingerprint density at radius 1 is 1.00 bits per heavy atom. The van der Waals surface area contributed by atoms with E-state index in [1.807, 2.05) is 42.5 Å². The van der Waals surface area contributed by atoms with Crippen molar-refractivity contribution in [1.82, 2.24) is 4.98 Å². The van der Waals surface area contributed by atoms with Crippen molar-refractivity contribution in [3.05, 3.63) is 67.0 Å². The molecule has 0 saturated heterocycles. The molecule has 1 radical (unpaired) electrons. The molecule has 2 heteroatoms. The van der Waals surface area contributed by atoms with Gasteiger partial charge in [0, 0.05) is 17.6 Å². The van der Waals surface area contributed by atoms with E-state index in [4.69, 9.17) is 4.74 Å². The SMILES string of the molecule is [c]1ccc2ccccc2c1Oc1cccnc1. The molecule has 0 aliphatic rings. The first-order valence-corrected chi connectivity index (χ1v) is 5.41. The lowest BCUT2D eigenvalue weighted by Gasteiger charge is -2.07. The molecule has 0 amide bonds. The number of nitrogens with zero attached hydrogens (tertiary/aromatic N) is 1. The van der Waals surface area contributed by atoms with E-state index in [-0.39, 0.29) is 0 Å². The van der Waals surface area contributed by atoms with Gasteiger partial charge in [0.25, 0.3) is 0 Å². The lowest BCUT2D eigenvalue weighted by molar-refractivity contribution is 0.485. The standard InChI is InChI=1S/C15H10NO/c1-2-8-14-12(5-1)6-3-9-15(14)17-13-7-4-10-16-11-13/h1-8,10-11H. The largest absolute Gasteiger partial charge is 0.454 e. The number of hydrogen-bond donors (Lipinski definition) is 0. The Labute approximate surface area is 99.5 Å². The van der Waals surface area contributed by atoms with Gasteiger partial charge < -0.3 is 4.74 Å². The van der Waals surface area contributed by atoms with Crippen molar-refractivity contribution >= 4 is 10.8 Å². The minimum atomic E-state index is 0.722. The summed E-state index contributed by atoms with van der Waals surface area (Å²) in [4.78, 5) is 4.02. The van der Waals surface area contributed by atoms with Crippen LogP contribution in [0.5, 0.6) is 11.5 Å². The average molecular weight is 220 g/mol. The van der Waals surface area contributed by atoms with Crippen LogP contribution < -0.4 is 4.74 Å². The lowest BCUT2D eigenvalue weighted by Crippen LogP contribution is -1.86. The number of fused-ring (bicyclic) bond motifs is 1. The van der Waals surface area contributed by atoms with Crippen molar-refractivity contribution in [3.63, 3.8) is 0 Å². The first-order valence-electron chi connectivity index (χ1n) is 5.41. The van der Waals surface area contributed by atoms with Gasteiger partial charge in [0.15, 0.2) is 0 Å². The quantitative estimate of drug-likeness (QED) is 0.654. The van der Waals surface area contributed by atoms with Gasteiger partial charge in [0.05, 0.1) is 6.20 Å². The second-order valence-corrected chi connectivity index (χ2v) is 3.68. The molecule has 0 atom stereocenters. The van der Waals surface area contributed by atoms with Crippen molar-refractivity contribution < 1.29 is 4.74 Å². The van der Waals surface area contributed by atoms with Crippen LogP contribution in [0.15, 0.2) is 60.9 Å². The van der Waals surface area contributed by atoms with Crippen LogP contribution in [0.25, 0.3) is 10.8 Å². The summed E-state index contributed by atoms with van der Waals surface area (Å²) < 4.78 is 5.77. The smallest absolute Gasteiger partial charge is 0.145 e. The van der Waals surface area contributed by atoms with E-state index in [0.29, 0.717) is 0 Å². The summed E-state index contributed by atoms with van der Waals surface area (Å²) in [5, 5.41) is 2.20. The molecule has 1 aromatic heterocycles. The molecule has 2 nitrogen and oxygen atoms in total. The predicted molar refractivity (Wildman–Crippen MR) is 67.1 cm³/mol. The van der Waals surface area contributed by atoms with Gasteiger partial charge in [-0.3, -0.25) is 4.98 Å². The van der Waals surface area contributed by atoms with Crippen LogP contribution in [0, 0.1) is 6.07 Å². The third kappa shape index (κ3) is 1.97. The maximum absolute atomic E-state index is 5.77. The monoisotopic (exact) mass is 220 g/mol. The van der Waals surface area contributed by atoms with E-state index in [1.165, 1.54) is 0 Å². The van der Waals surface area contributed by atoms with E-state index in [2.05, 4.69) is 17.1 Å². The zero-order valence-electron chi connectivity index (χ0n) is 9.13. The van der Waals surface area contributed by atoms with Gasteiger partial charge in [-0.15, -0.1) is 0 Å². The van der Waals surface area contributed by atoms with Crippen LogP contribution in [0.4, 0.5) is 0 Å². The highest BCUT2D eigenvalue weighted by molar-refractivity contribution is 5.88. The second kappa shape index (κ2) is 4.26. The Bertz CT molecular complexity index is 629. The van der Waals surface area contributed by atoms with Gasteiger partial charge >= 0.3 is 0 Å². The molecule has 81 valence electrons. The molecule has 0 aliphatic carbocycles. The van der Waals surface area contributed by atoms with Gasteiger partial charge in [-0.25, -0.2) is 0 Å². The number of aromatic nitrogens is 1. The van der Waals surface area contributed by atoms with Crippen LogP contribution in [-0.4, -0.2) is 4.98 Å². The van der Waals surface area contributed by atoms with Crippen LogP contribution in [-0.2, 0) is 0 Å².